The van der Waals surface area contributed by atoms with E-state index in [1.807, 2.05) is 13.8 Å². The normalized spacial score (nSPS) is 14.7. The predicted molar refractivity (Wildman–Crippen MR) is 75.5 cm³/mol. The first-order valence-corrected chi connectivity index (χ1v) is 7.79. The van der Waals surface area contributed by atoms with Crippen molar-refractivity contribution in [2.45, 2.75) is 77.1 Å². The molecule has 0 aliphatic heterocycles. The number of halogens is 5. The minimum atomic E-state index is -5.43. The molecule has 0 N–H and O–H groups in total. The van der Waals surface area contributed by atoms with E-state index in [2.05, 4.69) is 20.8 Å². The second kappa shape index (κ2) is 6.84. The summed E-state index contributed by atoms with van der Waals surface area (Å²) in [7, 11) is 0. The molecule has 0 spiro atoms. The second-order valence-corrected chi connectivity index (χ2v) is 8.41. The zero-order valence-corrected chi connectivity index (χ0v) is 13.7. The third-order valence-corrected chi connectivity index (χ3v) is 4.82. The molecule has 0 atom stereocenters. The van der Waals surface area contributed by atoms with Gasteiger partial charge in [0.2, 0.25) is 0 Å². The molecule has 0 heterocycles. The Kier molecular flexibility index (Phi) is 6.84. The maximum atomic E-state index is 12.7. The highest BCUT2D eigenvalue weighted by molar-refractivity contribution is 8.00. The van der Waals surface area contributed by atoms with Gasteiger partial charge in [0.15, 0.2) is 0 Å². The van der Waals surface area contributed by atoms with E-state index in [4.69, 9.17) is 0 Å². The number of thioether (sulfide) groups is 1. The number of alkyl halides is 5. The minimum absolute atomic E-state index is 0.118. The zero-order chi connectivity index (χ0) is 16.2. The van der Waals surface area contributed by atoms with E-state index in [9.17, 15) is 22.0 Å². The Balaban J connectivity index is 4.19. The van der Waals surface area contributed by atoms with Gasteiger partial charge >= 0.3 is 12.1 Å². The van der Waals surface area contributed by atoms with Gasteiger partial charge in [-0.1, -0.05) is 41.0 Å². The first-order chi connectivity index (χ1) is 8.72. The van der Waals surface area contributed by atoms with Gasteiger partial charge in [-0.2, -0.15) is 33.7 Å². The Hall–Kier alpha value is -0.0000000000000000555. The summed E-state index contributed by atoms with van der Waals surface area (Å²) in [5, 5.41) is 0. The van der Waals surface area contributed by atoms with Crippen molar-refractivity contribution < 1.29 is 22.0 Å². The fraction of sp³-hybridized carbons (Fsp3) is 1.00. The van der Waals surface area contributed by atoms with E-state index in [1.165, 1.54) is 11.8 Å². The van der Waals surface area contributed by atoms with Gasteiger partial charge in [-0.3, -0.25) is 0 Å². The lowest BCUT2D eigenvalue weighted by atomic mass is 9.81. The third-order valence-electron chi connectivity index (χ3n) is 3.40. The number of hydrogen-bond acceptors (Lipinski definition) is 1. The van der Waals surface area contributed by atoms with Crippen LogP contribution < -0.4 is 0 Å². The highest BCUT2D eigenvalue weighted by atomic mass is 32.2. The highest BCUT2D eigenvalue weighted by Gasteiger charge is 2.56. The average molecular weight is 320 g/mol. The van der Waals surface area contributed by atoms with Crippen molar-refractivity contribution in [1.82, 2.24) is 0 Å². The first kappa shape index (κ1) is 20.0. The summed E-state index contributed by atoms with van der Waals surface area (Å²) in [5.74, 6) is -4.25. The average Bonchev–Trinajstić information content (AvgIpc) is 2.21. The first-order valence-electron chi connectivity index (χ1n) is 6.81. The van der Waals surface area contributed by atoms with Gasteiger partial charge in [0, 0.05) is 11.2 Å². The quantitative estimate of drug-likeness (QED) is 0.373. The molecule has 0 aliphatic rings. The van der Waals surface area contributed by atoms with Crippen LogP contribution in [0.2, 0.25) is 0 Å². The molecule has 0 fully saturated rings. The Morgan fingerprint density at radius 1 is 0.900 bits per heavy atom. The lowest BCUT2D eigenvalue weighted by Crippen LogP contribution is -2.36. The fourth-order valence-electron chi connectivity index (χ4n) is 2.11. The summed E-state index contributed by atoms with van der Waals surface area (Å²) in [6.45, 7) is 10.4. The van der Waals surface area contributed by atoms with Gasteiger partial charge in [-0.05, 0) is 24.0 Å². The SMILES string of the molecule is CCC(C)(C)CC(C)(C)SCCCC(F)(F)C(F)(F)F. The molecule has 20 heavy (non-hydrogen) atoms. The number of rotatable bonds is 8. The molecule has 0 aliphatic carbocycles. The van der Waals surface area contributed by atoms with E-state index in [1.54, 1.807) is 0 Å². The second-order valence-electron chi connectivity index (χ2n) is 6.61. The maximum absolute atomic E-state index is 12.7. The predicted octanol–water partition coefficient (Wildman–Crippen LogP) is 6.30. The monoisotopic (exact) mass is 320 g/mol. The van der Waals surface area contributed by atoms with Crippen molar-refractivity contribution in [3.8, 4) is 0 Å². The largest absolute Gasteiger partial charge is 0.453 e. The molecule has 0 aromatic carbocycles. The molecule has 0 radical (unpaired) electrons. The Bertz CT molecular complexity index is 294. The van der Waals surface area contributed by atoms with Crippen LogP contribution in [-0.2, 0) is 0 Å². The van der Waals surface area contributed by atoms with Crippen LogP contribution in [-0.4, -0.2) is 22.6 Å². The minimum Gasteiger partial charge on any atom is -0.196 e. The van der Waals surface area contributed by atoms with Gasteiger partial charge in [0.05, 0.1) is 0 Å². The summed E-state index contributed by atoms with van der Waals surface area (Å²) in [5.41, 5.74) is 0.145. The molecule has 6 heteroatoms. The van der Waals surface area contributed by atoms with E-state index >= 15 is 0 Å². The molecule has 0 saturated heterocycles. The van der Waals surface area contributed by atoms with Crippen molar-refractivity contribution >= 4 is 11.8 Å². The molecule has 0 saturated carbocycles. The summed E-state index contributed by atoms with van der Waals surface area (Å²) < 4.78 is 61.4. The van der Waals surface area contributed by atoms with Crippen LogP contribution in [0.1, 0.15) is 60.3 Å². The van der Waals surface area contributed by atoms with E-state index in [0.717, 1.165) is 12.8 Å². The van der Waals surface area contributed by atoms with Crippen molar-refractivity contribution in [1.29, 1.82) is 0 Å². The fourth-order valence-corrected chi connectivity index (χ4v) is 3.45. The standard InChI is InChI=1S/C14H25F5S/c1-6-11(2,3)10-12(4,5)20-9-7-8-13(15,16)14(17,18)19/h6-10H2,1-5H3. The Labute approximate surface area is 122 Å². The van der Waals surface area contributed by atoms with Crippen LogP contribution in [0.25, 0.3) is 0 Å². The lowest BCUT2D eigenvalue weighted by molar-refractivity contribution is -0.284. The lowest BCUT2D eigenvalue weighted by Gasteiger charge is -2.34. The molecule has 0 amide bonds. The van der Waals surface area contributed by atoms with E-state index in [-0.39, 0.29) is 16.6 Å². The number of hydrogen-bond donors (Lipinski definition) is 0. The molecular formula is C14H25F5S. The Morgan fingerprint density at radius 2 is 1.40 bits per heavy atom. The molecule has 0 aromatic heterocycles. The Morgan fingerprint density at radius 3 is 1.80 bits per heavy atom. The van der Waals surface area contributed by atoms with Gasteiger partial charge in [0.25, 0.3) is 0 Å². The van der Waals surface area contributed by atoms with Gasteiger partial charge in [-0.15, -0.1) is 0 Å². The summed E-state index contributed by atoms with van der Waals surface area (Å²) in [6.07, 6.45) is -4.79. The summed E-state index contributed by atoms with van der Waals surface area (Å²) in [4.78, 5) is 0. The van der Waals surface area contributed by atoms with Crippen LogP contribution >= 0.6 is 11.8 Å². The molecular weight excluding hydrogens is 295 g/mol. The van der Waals surface area contributed by atoms with Gasteiger partial charge in [0.1, 0.15) is 0 Å². The molecule has 0 bridgehead atoms. The summed E-state index contributed by atoms with van der Waals surface area (Å²) >= 11 is 1.47. The van der Waals surface area contributed by atoms with Crippen molar-refractivity contribution in [2.75, 3.05) is 5.75 Å². The third kappa shape index (κ3) is 7.14. The van der Waals surface area contributed by atoms with Crippen molar-refractivity contribution in [3.05, 3.63) is 0 Å². The van der Waals surface area contributed by atoms with Crippen LogP contribution in [0.4, 0.5) is 22.0 Å². The molecule has 122 valence electrons. The van der Waals surface area contributed by atoms with Crippen LogP contribution in [0, 0.1) is 5.41 Å². The van der Waals surface area contributed by atoms with E-state index in [0.29, 0.717) is 5.75 Å². The highest BCUT2D eigenvalue weighted by Crippen LogP contribution is 2.41. The smallest absolute Gasteiger partial charge is 0.196 e. The van der Waals surface area contributed by atoms with Crippen LogP contribution in [0.5, 0.6) is 0 Å². The molecule has 0 aromatic rings. The maximum Gasteiger partial charge on any atom is 0.453 e. The van der Waals surface area contributed by atoms with Crippen LogP contribution in [0.3, 0.4) is 0 Å². The summed E-state index contributed by atoms with van der Waals surface area (Å²) in [6, 6.07) is 0. The van der Waals surface area contributed by atoms with Gasteiger partial charge < -0.3 is 0 Å². The molecule has 0 unspecified atom stereocenters. The zero-order valence-electron chi connectivity index (χ0n) is 12.8. The van der Waals surface area contributed by atoms with Crippen molar-refractivity contribution in [2.24, 2.45) is 5.41 Å². The van der Waals surface area contributed by atoms with Gasteiger partial charge in [-0.25, -0.2) is 0 Å². The van der Waals surface area contributed by atoms with E-state index < -0.39 is 18.5 Å². The van der Waals surface area contributed by atoms with Crippen molar-refractivity contribution in [3.63, 3.8) is 0 Å². The molecule has 0 nitrogen and oxygen atoms in total. The van der Waals surface area contributed by atoms with Crippen LogP contribution in [0.15, 0.2) is 0 Å². The topological polar surface area (TPSA) is 0 Å². The molecule has 0 rings (SSSR count).